The van der Waals surface area contributed by atoms with Gasteiger partial charge in [0.1, 0.15) is 17.8 Å². The van der Waals surface area contributed by atoms with Gasteiger partial charge in [0, 0.05) is 6.54 Å². The minimum atomic E-state index is 0.00542. The molecule has 16 heavy (non-hydrogen) atoms. The molecule has 0 saturated heterocycles. The van der Waals surface area contributed by atoms with Gasteiger partial charge in [-0.2, -0.15) is 5.10 Å². The van der Waals surface area contributed by atoms with Crippen molar-refractivity contribution in [1.29, 1.82) is 5.41 Å². The van der Waals surface area contributed by atoms with E-state index in [1.54, 1.807) is 4.68 Å². The normalized spacial score (nSPS) is 10.6. The SMILES string of the molecule is CCn1nc2ncnc(N)c2c1C(=N)OC. The number of nitrogen functional groups attached to an aromatic ring is 1. The summed E-state index contributed by atoms with van der Waals surface area (Å²) in [6.07, 6.45) is 1.35. The molecule has 2 aromatic rings. The van der Waals surface area contributed by atoms with Crippen LogP contribution in [0.4, 0.5) is 5.82 Å². The second-order valence-electron chi connectivity index (χ2n) is 3.16. The Morgan fingerprint density at radius 1 is 1.56 bits per heavy atom. The first-order valence-electron chi connectivity index (χ1n) is 4.79. The summed E-state index contributed by atoms with van der Waals surface area (Å²) in [7, 11) is 1.43. The number of rotatable bonds is 2. The molecule has 2 rings (SSSR count). The molecule has 7 nitrogen and oxygen atoms in total. The fourth-order valence-electron chi connectivity index (χ4n) is 1.54. The number of nitrogens with zero attached hydrogens (tertiary/aromatic N) is 4. The van der Waals surface area contributed by atoms with E-state index in [2.05, 4.69) is 15.1 Å². The van der Waals surface area contributed by atoms with Gasteiger partial charge in [0.25, 0.3) is 0 Å². The molecule has 2 aromatic heterocycles. The molecule has 2 heterocycles. The molecule has 0 aliphatic carbocycles. The minimum Gasteiger partial charge on any atom is -0.480 e. The van der Waals surface area contributed by atoms with Crippen LogP contribution in [0.5, 0.6) is 0 Å². The van der Waals surface area contributed by atoms with Crippen LogP contribution in [0.1, 0.15) is 12.6 Å². The van der Waals surface area contributed by atoms with Crippen LogP contribution >= 0.6 is 0 Å². The molecule has 0 aliphatic rings. The summed E-state index contributed by atoms with van der Waals surface area (Å²) in [4.78, 5) is 7.91. The van der Waals surface area contributed by atoms with Gasteiger partial charge < -0.3 is 10.5 Å². The molecule has 0 saturated carbocycles. The Morgan fingerprint density at radius 2 is 2.31 bits per heavy atom. The van der Waals surface area contributed by atoms with Crippen molar-refractivity contribution in [1.82, 2.24) is 19.7 Å². The zero-order chi connectivity index (χ0) is 11.7. The number of nitrogens with one attached hydrogen (secondary N) is 1. The summed E-state index contributed by atoms with van der Waals surface area (Å²) >= 11 is 0. The van der Waals surface area contributed by atoms with Gasteiger partial charge in [0.15, 0.2) is 5.65 Å². The Hall–Kier alpha value is -2.18. The maximum atomic E-state index is 7.72. The van der Waals surface area contributed by atoms with E-state index < -0.39 is 0 Å². The van der Waals surface area contributed by atoms with Gasteiger partial charge in [-0.15, -0.1) is 0 Å². The number of methoxy groups -OCH3 is 1. The first-order valence-corrected chi connectivity index (χ1v) is 4.79. The van der Waals surface area contributed by atoms with Gasteiger partial charge in [-0.3, -0.25) is 10.1 Å². The number of ether oxygens (including phenoxy) is 1. The van der Waals surface area contributed by atoms with Crippen molar-refractivity contribution in [2.75, 3.05) is 12.8 Å². The van der Waals surface area contributed by atoms with Gasteiger partial charge >= 0.3 is 0 Å². The number of aromatic nitrogens is 4. The van der Waals surface area contributed by atoms with Crippen molar-refractivity contribution in [2.24, 2.45) is 0 Å². The molecule has 0 aromatic carbocycles. The van der Waals surface area contributed by atoms with Gasteiger partial charge in [0.05, 0.1) is 12.5 Å². The van der Waals surface area contributed by atoms with Crippen molar-refractivity contribution in [2.45, 2.75) is 13.5 Å². The third-order valence-corrected chi connectivity index (χ3v) is 2.29. The third kappa shape index (κ3) is 1.37. The zero-order valence-corrected chi connectivity index (χ0v) is 9.06. The minimum absolute atomic E-state index is 0.00542. The van der Waals surface area contributed by atoms with Crippen LogP contribution in [0.3, 0.4) is 0 Å². The largest absolute Gasteiger partial charge is 0.480 e. The fraction of sp³-hybridized carbons (Fsp3) is 0.333. The Bertz CT molecular complexity index is 546. The van der Waals surface area contributed by atoms with Crippen LogP contribution in [0.15, 0.2) is 6.33 Å². The van der Waals surface area contributed by atoms with Crippen LogP contribution in [-0.4, -0.2) is 32.8 Å². The molecular formula is C9H12N6O. The number of anilines is 1. The van der Waals surface area contributed by atoms with Crippen molar-refractivity contribution in [3.8, 4) is 0 Å². The smallest absolute Gasteiger partial charge is 0.232 e. The van der Waals surface area contributed by atoms with Gasteiger partial charge in [0.2, 0.25) is 5.90 Å². The van der Waals surface area contributed by atoms with Crippen LogP contribution in [-0.2, 0) is 11.3 Å². The van der Waals surface area contributed by atoms with Crippen molar-refractivity contribution in [3.63, 3.8) is 0 Å². The molecule has 84 valence electrons. The van der Waals surface area contributed by atoms with Crippen LogP contribution < -0.4 is 5.73 Å². The van der Waals surface area contributed by atoms with E-state index in [0.717, 1.165) is 0 Å². The molecule has 0 atom stereocenters. The predicted octanol–water partition coefficient (Wildman–Crippen LogP) is 0.400. The van der Waals surface area contributed by atoms with Gasteiger partial charge in [-0.25, -0.2) is 9.97 Å². The number of hydrogen-bond acceptors (Lipinski definition) is 6. The summed E-state index contributed by atoms with van der Waals surface area (Å²) in [6, 6.07) is 0. The third-order valence-electron chi connectivity index (χ3n) is 2.29. The molecule has 0 radical (unpaired) electrons. The number of hydrogen-bond donors (Lipinski definition) is 2. The van der Waals surface area contributed by atoms with Crippen molar-refractivity contribution in [3.05, 3.63) is 12.0 Å². The number of nitrogens with two attached hydrogens (primary N) is 1. The maximum Gasteiger partial charge on any atom is 0.232 e. The molecule has 0 bridgehead atoms. The first-order chi connectivity index (χ1) is 7.69. The molecule has 0 amide bonds. The molecule has 0 fully saturated rings. The molecule has 7 heteroatoms. The summed E-state index contributed by atoms with van der Waals surface area (Å²) in [5.74, 6) is 0.312. The second-order valence-corrected chi connectivity index (χ2v) is 3.16. The second kappa shape index (κ2) is 3.76. The highest BCUT2D eigenvalue weighted by molar-refractivity contribution is 6.06. The lowest BCUT2D eigenvalue weighted by atomic mass is 10.2. The topological polar surface area (TPSA) is 103 Å². The van der Waals surface area contributed by atoms with Crippen molar-refractivity contribution >= 4 is 22.7 Å². The summed E-state index contributed by atoms with van der Waals surface area (Å²) in [5, 5.41) is 12.5. The summed E-state index contributed by atoms with van der Waals surface area (Å²) < 4.78 is 6.54. The lowest BCUT2D eigenvalue weighted by molar-refractivity contribution is 0.396. The highest BCUT2D eigenvalue weighted by Crippen LogP contribution is 2.21. The first kappa shape index (κ1) is 10.3. The Morgan fingerprint density at radius 3 is 2.94 bits per heavy atom. The van der Waals surface area contributed by atoms with Gasteiger partial charge in [-0.05, 0) is 6.92 Å². The molecule has 0 unspecified atom stereocenters. The molecular weight excluding hydrogens is 208 g/mol. The maximum absolute atomic E-state index is 7.72. The number of fused-ring (bicyclic) bond motifs is 1. The number of aryl methyl sites for hydroxylation is 1. The van der Waals surface area contributed by atoms with Crippen LogP contribution in [0.25, 0.3) is 11.0 Å². The van der Waals surface area contributed by atoms with Crippen LogP contribution in [0.2, 0.25) is 0 Å². The quantitative estimate of drug-likeness (QED) is 0.563. The predicted molar refractivity (Wildman–Crippen MR) is 59.2 cm³/mol. The Labute approximate surface area is 91.8 Å². The van der Waals surface area contributed by atoms with E-state index in [-0.39, 0.29) is 5.90 Å². The highest BCUT2D eigenvalue weighted by atomic mass is 16.5. The van der Waals surface area contributed by atoms with E-state index in [0.29, 0.717) is 29.1 Å². The summed E-state index contributed by atoms with van der Waals surface area (Å²) in [6.45, 7) is 2.53. The fourth-order valence-corrected chi connectivity index (χ4v) is 1.54. The van der Waals surface area contributed by atoms with E-state index in [9.17, 15) is 0 Å². The highest BCUT2D eigenvalue weighted by Gasteiger charge is 2.18. The van der Waals surface area contributed by atoms with Gasteiger partial charge in [-0.1, -0.05) is 0 Å². The van der Waals surface area contributed by atoms with E-state index >= 15 is 0 Å². The average molecular weight is 220 g/mol. The average Bonchev–Trinajstić information content (AvgIpc) is 2.68. The monoisotopic (exact) mass is 220 g/mol. The molecule has 0 spiro atoms. The molecule has 0 aliphatic heterocycles. The van der Waals surface area contributed by atoms with E-state index in [1.807, 2.05) is 6.92 Å². The Kier molecular flexibility index (Phi) is 2.43. The zero-order valence-electron chi connectivity index (χ0n) is 9.06. The Balaban J connectivity index is 2.81. The van der Waals surface area contributed by atoms with Crippen LogP contribution in [0, 0.1) is 5.41 Å². The lowest BCUT2D eigenvalue weighted by Crippen LogP contribution is -2.11. The standard InChI is InChI=1S/C9H12N6O/c1-3-15-6(8(11)16-2)5-7(10)12-4-13-9(5)14-15/h4,11H,3H2,1-2H3,(H2,10,12,13,14). The van der Waals surface area contributed by atoms with Crippen molar-refractivity contribution < 1.29 is 4.74 Å². The lowest BCUT2D eigenvalue weighted by Gasteiger charge is -2.05. The summed E-state index contributed by atoms with van der Waals surface area (Å²) in [5.41, 5.74) is 6.75. The van der Waals surface area contributed by atoms with E-state index in [1.165, 1.54) is 13.4 Å². The van der Waals surface area contributed by atoms with E-state index in [4.69, 9.17) is 15.9 Å². The molecule has 3 N–H and O–H groups in total.